The maximum atomic E-state index is 4.39. The molecule has 2 aromatic rings. The van der Waals surface area contributed by atoms with Crippen molar-refractivity contribution >= 4 is 0 Å². The Morgan fingerprint density at radius 3 is 2.60 bits per heavy atom. The molecule has 20 heavy (non-hydrogen) atoms. The highest BCUT2D eigenvalue weighted by Crippen LogP contribution is 2.13. The lowest BCUT2D eigenvalue weighted by atomic mass is 9.98. The summed E-state index contributed by atoms with van der Waals surface area (Å²) in [6, 6.07) is 13.4. The van der Waals surface area contributed by atoms with Gasteiger partial charge in [0.05, 0.1) is 0 Å². The monoisotopic (exact) mass is 268 g/mol. The van der Waals surface area contributed by atoms with Gasteiger partial charge in [-0.15, -0.1) is 0 Å². The van der Waals surface area contributed by atoms with E-state index >= 15 is 0 Å². The normalized spacial score (nSPS) is 12.3. The number of hydrogen-bond acceptors (Lipinski definition) is 2. The smallest absolute Gasteiger partial charge is 0.0404 e. The molecule has 0 fully saturated rings. The van der Waals surface area contributed by atoms with E-state index in [4.69, 9.17) is 0 Å². The molecule has 106 valence electrons. The predicted molar refractivity (Wildman–Crippen MR) is 85.0 cm³/mol. The van der Waals surface area contributed by atoms with Gasteiger partial charge in [-0.05, 0) is 69.0 Å². The largest absolute Gasteiger partial charge is 0.317 e. The highest BCUT2D eigenvalue weighted by atomic mass is 14.9. The fourth-order valence-electron chi connectivity index (χ4n) is 2.43. The van der Waals surface area contributed by atoms with E-state index in [1.165, 1.54) is 22.4 Å². The minimum absolute atomic E-state index is 0.499. The molecule has 2 rings (SSSR count). The van der Waals surface area contributed by atoms with Crippen LogP contribution in [0.2, 0.25) is 0 Å². The number of benzene rings is 1. The highest BCUT2D eigenvalue weighted by Gasteiger charge is 2.08. The van der Waals surface area contributed by atoms with Crippen molar-refractivity contribution in [2.45, 2.75) is 39.2 Å². The van der Waals surface area contributed by atoms with Crippen LogP contribution in [0.4, 0.5) is 0 Å². The molecule has 0 radical (unpaired) electrons. The Morgan fingerprint density at radius 2 is 1.95 bits per heavy atom. The molecule has 0 aliphatic rings. The van der Waals surface area contributed by atoms with E-state index in [2.05, 4.69) is 54.5 Å². The zero-order chi connectivity index (χ0) is 14.4. The fourth-order valence-corrected chi connectivity index (χ4v) is 2.43. The van der Waals surface area contributed by atoms with E-state index in [1.54, 1.807) is 0 Å². The lowest BCUT2D eigenvalue weighted by molar-refractivity contribution is 0.517. The van der Waals surface area contributed by atoms with Crippen LogP contribution in [0.5, 0.6) is 0 Å². The Bertz CT molecular complexity index is 534. The van der Waals surface area contributed by atoms with E-state index < -0.39 is 0 Å². The second-order valence-electron chi connectivity index (χ2n) is 5.47. The first-order valence-corrected chi connectivity index (χ1v) is 7.32. The van der Waals surface area contributed by atoms with Crippen LogP contribution in [0.3, 0.4) is 0 Å². The van der Waals surface area contributed by atoms with E-state index in [9.17, 15) is 0 Å². The van der Waals surface area contributed by atoms with E-state index in [0.29, 0.717) is 6.04 Å². The van der Waals surface area contributed by atoms with Crippen LogP contribution in [-0.2, 0) is 12.8 Å². The van der Waals surface area contributed by atoms with Crippen molar-refractivity contribution in [2.24, 2.45) is 0 Å². The summed E-state index contributed by atoms with van der Waals surface area (Å²) in [7, 11) is 2.05. The lowest BCUT2D eigenvalue weighted by Crippen LogP contribution is -2.28. The zero-order valence-corrected chi connectivity index (χ0v) is 12.7. The van der Waals surface area contributed by atoms with Crippen LogP contribution >= 0.6 is 0 Å². The Morgan fingerprint density at radius 1 is 1.10 bits per heavy atom. The number of nitrogens with one attached hydrogen (secondary N) is 1. The van der Waals surface area contributed by atoms with Gasteiger partial charge in [0.15, 0.2) is 0 Å². The lowest BCUT2D eigenvalue weighted by Gasteiger charge is -2.16. The van der Waals surface area contributed by atoms with Gasteiger partial charge in [-0.3, -0.25) is 4.98 Å². The molecule has 1 atom stereocenters. The number of pyridine rings is 1. The van der Waals surface area contributed by atoms with Gasteiger partial charge in [0.2, 0.25) is 0 Å². The van der Waals surface area contributed by atoms with Crippen LogP contribution in [0.1, 0.15) is 28.8 Å². The van der Waals surface area contributed by atoms with Gasteiger partial charge >= 0.3 is 0 Å². The summed E-state index contributed by atoms with van der Waals surface area (Å²) < 4.78 is 0. The third kappa shape index (κ3) is 4.17. The first kappa shape index (κ1) is 14.7. The van der Waals surface area contributed by atoms with Gasteiger partial charge in [0.1, 0.15) is 0 Å². The standard InChI is InChI=1S/C18H24N2/c1-14-7-8-16(12-15(14)2)13-18(19-3)10-9-17-6-4-5-11-20-17/h4-8,11-12,18-19H,9-10,13H2,1-3H3. The molecule has 1 unspecified atom stereocenters. The molecular formula is C18H24N2. The second kappa shape index (κ2) is 7.20. The number of aromatic nitrogens is 1. The van der Waals surface area contributed by atoms with Crippen LogP contribution in [0.15, 0.2) is 42.6 Å². The maximum absolute atomic E-state index is 4.39. The Kier molecular flexibility index (Phi) is 5.31. The SMILES string of the molecule is CNC(CCc1ccccn1)Cc1ccc(C)c(C)c1. The number of rotatable bonds is 6. The van der Waals surface area contributed by atoms with Crippen molar-refractivity contribution in [3.05, 3.63) is 65.0 Å². The predicted octanol–water partition coefficient (Wildman–Crippen LogP) is 3.46. The summed E-state index contributed by atoms with van der Waals surface area (Å²) in [5, 5.41) is 3.43. The van der Waals surface area contributed by atoms with E-state index in [0.717, 1.165) is 19.3 Å². The van der Waals surface area contributed by atoms with E-state index in [1.807, 2.05) is 19.3 Å². The van der Waals surface area contributed by atoms with Crippen LogP contribution in [0, 0.1) is 13.8 Å². The summed E-state index contributed by atoms with van der Waals surface area (Å²) in [6.07, 6.45) is 5.08. The molecule has 0 bridgehead atoms. The number of likely N-dealkylation sites (N-methyl/N-ethyl adjacent to an activating group) is 1. The molecule has 2 nitrogen and oxygen atoms in total. The minimum Gasteiger partial charge on any atom is -0.317 e. The molecule has 0 saturated heterocycles. The first-order chi connectivity index (χ1) is 9.69. The van der Waals surface area contributed by atoms with Crippen molar-refractivity contribution in [2.75, 3.05) is 7.05 Å². The van der Waals surface area contributed by atoms with Gasteiger partial charge in [-0.2, -0.15) is 0 Å². The molecule has 0 aliphatic heterocycles. The summed E-state index contributed by atoms with van der Waals surface area (Å²) in [6.45, 7) is 4.34. The van der Waals surface area contributed by atoms with Gasteiger partial charge < -0.3 is 5.32 Å². The maximum Gasteiger partial charge on any atom is 0.0404 e. The second-order valence-corrected chi connectivity index (χ2v) is 5.47. The average Bonchev–Trinajstić information content (AvgIpc) is 2.48. The number of aryl methyl sites for hydroxylation is 3. The molecule has 1 N–H and O–H groups in total. The molecule has 0 aliphatic carbocycles. The van der Waals surface area contributed by atoms with Gasteiger partial charge in [0.25, 0.3) is 0 Å². The molecule has 1 aromatic heterocycles. The minimum atomic E-state index is 0.499. The summed E-state index contributed by atoms with van der Waals surface area (Å²) in [5.41, 5.74) is 5.33. The summed E-state index contributed by atoms with van der Waals surface area (Å²) >= 11 is 0. The summed E-state index contributed by atoms with van der Waals surface area (Å²) in [4.78, 5) is 4.39. The van der Waals surface area contributed by atoms with Gasteiger partial charge in [0, 0.05) is 17.9 Å². The Balaban J connectivity index is 1.93. The average molecular weight is 268 g/mol. The van der Waals surface area contributed by atoms with Gasteiger partial charge in [-0.1, -0.05) is 24.3 Å². The molecule has 0 saturated carbocycles. The zero-order valence-electron chi connectivity index (χ0n) is 12.7. The van der Waals surface area contributed by atoms with Crippen LogP contribution in [-0.4, -0.2) is 18.1 Å². The molecule has 1 heterocycles. The first-order valence-electron chi connectivity index (χ1n) is 7.32. The topological polar surface area (TPSA) is 24.9 Å². The third-order valence-electron chi connectivity index (χ3n) is 3.94. The van der Waals surface area contributed by atoms with Crippen molar-refractivity contribution in [3.63, 3.8) is 0 Å². The van der Waals surface area contributed by atoms with Crippen molar-refractivity contribution in [3.8, 4) is 0 Å². The van der Waals surface area contributed by atoms with Crippen LogP contribution < -0.4 is 5.32 Å². The van der Waals surface area contributed by atoms with E-state index in [-0.39, 0.29) is 0 Å². The molecule has 1 aromatic carbocycles. The van der Waals surface area contributed by atoms with Crippen molar-refractivity contribution in [1.82, 2.24) is 10.3 Å². The molecule has 0 amide bonds. The quantitative estimate of drug-likeness (QED) is 0.868. The highest BCUT2D eigenvalue weighted by molar-refractivity contribution is 5.30. The number of nitrogens with zero attached hydrogens (tertiary/aromatic N) is 1. The van der Waals surface area contributed by atoms with Crippen molar-refractivity contribution < 1.29 is 0 Å². The number of hydrogen-bond donors (Lipinski definition) is 1. The Labute approximate surface area is 122 Å². The summed E-state index contributed by atoms with van der Waals surface area (Å²) in [5.74, 6) is 0. The van der Waals surface area contributed by atoms with Crippen LogP contribution in [0.25, 0.3) is 0 Å². The fraction of sp³-hybridized carbons (Fsp3) is 0.389. The molecular weight excluding hydrogens is 244 g/mol. The van der Waals surface area contributed by atoms with Crippen molar-refractivity contribution in [1.29, 1.82) is 0 Å². The third-order valence-corrected chi connectivity index (χ3v) is 3.94. The molecule has 0 spiro atoms. The Hall–Kier alpha value is -1.67. The van der Waals surface area contributed by atoms with Gasteiger partial charge in [-0.25, -0.2) is 0 Å². The molecule has 2 heteroatoms.